The zero-order chi connectivity index (χ0) is 17.1. The van der Waals surface area contributed by atoms with Crippen molar-refractivity contribution < 1.29 is 9.47 Å². The van der Waals surface area contributed by atoms with Gasteiger partial charge in [0.2, 0.25) is 0 Å². The Morgan fingerprint density at radius 2 is 1.65 bits per heavy atom. The van der Waals surface area contributed by atoms with Crippen LogP contribution in [0.3, 0.4) is 0 Å². The molecule has 2 aromatic rings. The molecule has 2 nitrogen and oxygen atoms in total. The van der Waals surface area contributed by atoms with Gasteiger partial charge in [-0.25, -0.2) is 0 Å². The second kappa shape index (κ2) is 10.5. The number of benzene rings is 2. The first-order valence-corrected chi connectivity index (χ1v) is 8.02. The highest BCUT2D eigenvalue weighted by molar-refractivity contribution is 5.34. The van der Waals surface area contributed by atoms with E-state index >= 15 is 0 Å². The van der Waals surface area contributed by atoms with Crippen molar-refractivity contribution in [2.75, 3.05) is 14.2 Å². The summed E-state index contributed by atoms with van der Waals surface area (Å²) in [5.74, 6) is 2.52. The van der Waals surface area contributed by atoms with Gasteiger partial charge in [-0.05, 0) is 48.1 Å². The molecule has 0 bridgehead atoms. The predicted molar refractivity (Wildman–Crippen MR) is 98.6 cm³/mol. The molecule has 2 aromatic carbocycles. The number of para-hydroxylation sites is 1. The van der Waals surface area contributed by atoms with Crippen LogP contribution in [0, 0.1) is 0 Å². The third kappa shape index (κ3) is 6.19. The lowest BCUT2D eigenvalue weighted by Crippen LogP contribution is -1.90. The topological polar surface area (TPSA) is 18.5 Å². The molecule has 2 rings (SSSR count). The Morgan fingerprint density at radius 1 is 1.00 bits per heavy atom. The lowest BCUT2D eigenvalue weighted by atomic mass is 9.99. The highest BCUT2D eigenvalue weighted by atomic mass is 16.5. The van der Waals surface area contributed by atoms with E-state index in [9.17, 15) is 0 Å². The van der Waals surface area contributed by atoms with Gasteiger partial charge in [-0.1, -0.05) is 50.3 Å². The van der Waals surface area contributed by atoms with Crippen LogP contribution in [0.4, 0.5) is 0 Å². The van der Waals surface area contributed by atoms with Gasteiger partial charge in [0.15, 0.2) is 0 Å². The van der Waals surface area contributed by atoms with E-state index in [-0.39, 0.29) is 0 Å². The van der Waals surface area contributed by atoms with E-state index in [2.05, 4.69) is 32.6 Å². The maximum absolute atomic E-state index is 5.15. The summed E-state index contributed by atoms with van der Waals surface area (Å²) in [7, 11) is 3.38. The number of allylic oxidation sites excluding steroid dienone is 1. The van der Waals surface area contributed by atoms with Crippen molar-refractivity contribution in [2.45, 2.75) is 32.6 Å². The van der Waals surface area contributed by atoms with E-state index < -0.39 is 0 Å². The van der Waals surface area contributed by atoms with E-state index in [4.69, 9.17) is 9.47 Å². The minimum absolute atomic E-state index is 0.649. The summed E-state index contributed by atoms with van der Waals surface area (Å²) in [6.45, 7) is 8.12. The van der Waals surface area contributed by atoms with Gasteiger partial charge in [0.05, 0.1) is 14.2 Å². The maximum atomic E-state index is 5.15. The Morgan fingerprint density at radius 3 is 2.17 bits per heavy atom. The van der Waals surface area contributed by atoms with Crippen LogP contribution < -0.4 is 9.47 Å². The molecular weight excluding hydrogens is 284 g/mol. The highest BCUT2D eigenvalue weighted by Crippen LogP contribution is 2.21. The first kappa shape index (κ1) is 18.8. The van der Waals surface area contributed by atoms with Crippen LogP contribution in [0.25, 0.3) is 0 Å². The van der Waals surface area contributed by atoms with Gasteiger partial charge in [0.25, 0.3) is 0 Å². The molecule has 0 amide bonds. The summed E-state index contributed by atoms with van der Waals surface area (Å²) in [5.41, 5.74) is 2.57. The number of ether oxygens (including phenoxy) is 2. The normalized spacial score (nSPS) is 11.0. The minimum Gasteiger partial charge on any atom is -0.497 e. The molecule has 2 heteroatoms. The van der Waals surface area contributed by atoms with Crippen LogP contribution in [0.2, 0.25) is 0 Å². The summed E-state index contributed by atoms with van der Waals surface area (Å²) < 4.78 is 10.2. The van der Waals surface area contributed by atoms with E-state index in [0.717, 1.165) is 17.9 Å². The molecule has 23 heavy (non-hydrogen) atoms. The first-order chi connectivity index (χ1) is 11.2. The van der Waals surface area contributed by atoms with Crippen molar-refractivity contribution in [1.29, 1.82) is 0 Å². The average Bonchev–Trinajstić information content (AvgIpc) is 2.62. The molecule has 0 fully saturated rings. The van der Waals surface area contributed by atoms with Crippen molar-refractivity contribution in [3.63, 3.8) is 0 Å². The molecule has 0 saturated carbocycles. The molecule has 0 N–H and O–H groups in total. The summed E-state index contributed by atoms with van der Waals surface area (Å²) in [6, 6.07) is 16.3. The van der Waals surface area contributed by atoms with Crippen molar-refractivity contribution in [3.8, 4) is 11.5 Å². The summed E-state index contributed by atoms with van der Waals surface area (Å²) in [5, 5.41) is 0. The second-order valence-corrected chi connectivity index (χ2v) is 5.39. The number of rotatable bonds is 6. The molecule has 0 radical (unpaired) electrons. The number of hydrogen-bond acceptors (Lipinski definition) is 2. The Kier molecular flexibility index (Phi) is 8.59. The van der Waals surface area contributed by atoms with Gasteiger partial charge in [0.1, 0.15) is 11.5 Å². The second-order valence-electron chi connectivity index (χ2n) is 5.39. The van der Waals surface area contributed by atoms with Gasteiger partial charge in [-0.3, -0.25) is 0 Å². The van der Waals surface area contributed by atoms with Crippen molar-refractivity contribution >= 4 is 0 Å². The van der Waals surface area contributed by atoms with Crippen LogP contribution in [0.1, 0.15) is 37.3 Å². The van der Waals surface area contributed by atoms with Crippen LogP contribution in [-0.2, 0) is 6.42 Å². The average molecular weight is 312 g/mol. The van der Waals surface area contributed by atoms with Gasteiger partial charge >= 0.3 is 0 Å². The lowest BCUT2D eigenvalue weighted by molar-refractivity contribution is 0.410. The van der Waals surface area contributed by atoms with Crippen molar-refractivity contribution in [1.82, 2.24) is 0 Å². The molecule has 0 saturated heterocycles. The quantitative estimate of drug-likeness (QED) is 0.643. The molecule has 0 aliphatic rings. The van der Waals surface area contributed by atoms with Gasteiger partial charge in [-0.2, -0.15) is 0 Å². The van der Waals surface area contributed by atoms with Crippen LogP contribution >= 0.6 is 0 Å². The largest absolute Gasteiger partial charge is 0.497 e. The molecule has 124 valence electrons. The summed E-state index contributed by atoms with van der Waals surface area (Å²) >= 11 is 0. The van der Waals surface area contributed by atoms with Crippen LogP contribution in [0.15, 0.2) is 61.2 Å². The Labute approximate surface area is 140 Å². The summed E-state index contributed by atoms with van der Waals surface area (Å²) in [6.07, 6.45) is 3.92. The van der Waals surface area contributed by atoms with Gasteiger partial charge < -0.3 is 9.47 Å². The molecule has 0 aliphatic heterocycles. The molecule has 0 aromatic heterocycles. The SMILES string of the molecule is C=CCc1ccccc1OC.CCC(C)c1ccc(OC)cc1. The van der Waals surface area contributed by atoms with Gasteiger partial charge in [0, 0.05) is 0 Å². The monoisotopic (exact) mass is 312 g/mol. The predicted octanol–water partition coefficient (Wildman–Crippen LogP) is 5.63. The number of methoxy groups -OCH3 is 2. The van der Waals surface area contributed by atoms with E-state index in [1.165, 1.54) is 17.5 Å². The van der Waals surface area contributed by atoms with Crippen molar-refractivity contribution in [2.24, 2.45) is 0 Å². The fourth-order valence-electron chi connectivity index (χ4n) is 2.20. The molecule has 1 atom stereocenters. The molecule has 0 aliphatic carbocycles. The Bertz CT molecular complexity index is 573. The first-order valence-electron chi connectivity index (χ1n) is 8.02. The third-order valence-corrected chi connectivity index (χ3v) is 3.85. The van der Waals surface area contributed by atoms with Gasteiger partial charge in [-0.15, -0.1) is 6.58 Å². The van der Waals surface area contributed by atoms with E-state index in [1.807, 2.05) is 42.5 Å². The van der Waals surface area contributed by atoms with Crippen molar-refractivity contribution in [3.05, 3.63) is 72.3 Å². The summed E-state index contributed by atoms with van der Waals surface area (Å²) in [4.78, 5) is 0. The van der Waals surface area contributed by atoms with Crippen LogP contribution in [-0.4, -0.2) is 14.2 Å². The molecular formula is C21H28O2. The molecule has 1 unspecified atom stereocenters. The fraction of sp³-hybridized carbons (Fsp3) is 0.333. The third-order valence-electron chi connectivity index (χ3n) is 3.85. The Balaban J connectivity index is 0.000000231. The van der Waals surface area contributed by atoms with E-state index in [1.54, 1.807) is 14.2 Å². The molecule has 0 spiro atoms. The Hall–Kier alpha value is -2.22. The lowest BCUT2D eigenvalue weighted by Gasteiger charge is -2.08. The zero-order valence-electron chi connectivity index (χ0n) is 14.7. The van der Waals surface area contributed by atoms with E-state index in [0.29, 0.717) is 5.92 Å². The smallest absolute Gasteiger partial charge is 0.122 e. The minimum atomic E-state index is 0.649. The van der Waals surface area contributed by atoms with Crippen LogP contribution in [0.5, 0.6) is 11.5 Å². The number of hydrogen-bond donors (Lipinski definition) is 0. The molecule has 0 heterocycles. The highest BCUT2D eigenvalue weighted by Gasteiger charge is 2.01. The maximum Gasteiger partial charge on any atom is 0.122 e. The fourth-order valence-corrected chi connectivity index (χ4v) is 2.20. The zero-order valence-corrected chi connectivity index (χ0v) is 14.7. The standard InChI is InChI=1S/C11H16O.C10H12O/c1-4-9(2)10-5-7-11(12-3)8-6-10;1-3-6-9-7-4-5-8-10(9)11-2/h5-9H,4H2,1-3H3;3-5,7-8H,1,6H2,2H3.